The molecule has 2 aliphatic heterocycles. The summed E-state index contributed by atoms with van der Waals surface area (Å²) < 4.78 is 0. The number of carbonyl (C=O) groups excluding carboxylic acids is 2. The van der Waals surface area contributed by atoms with Crippen LogP contribution in [-0.2, 0) is 9.59 Å². The lowest BCUT2D eigenvalue weighted by atomic mass is 9.83. The molecule has 2 heterocycles. The van der Waals surface area contributed by atoms with Gasteiger partial charge in [0, 0.05) is 25.2 Å². The molecule has 0 aromatic heterocycles. The number of piperazine rings is 1. The smallest absolute Gasteiger partial charge is 0.243 e. The quantitative estimate of drug-likeness (QED) is 0.714. The Bertz CT molecular complexity index is 715. The monoisotopic (exact) mass is 395 g/mol. The Morgan fingerprint density at radius 3 is 2.58 bits per heavy atom. The van der Waals surface area contributed by atoms with Crippen molar-refractivity contribution < 1.29 is 14.7 Å². The van der Waals surface area contributed by atoms with Crippen LogP contribution < -0.4 is 5.32 Å². The second kappa shape index (κ2) is 8.07. The molecule has 2 N–H and O–H groups in total. The van der Waals surface area contributed by atoms with Crippen LogP contribution in [0, 0.1) is 0 Å². The third-order valence-electron chi connectivity index (χ3n) is 5.06. The van der Waals surface area contributed by atoms with Crippen molar-refractivity contribution >= 4 is 42.9 Å². The molecule has 1 unspecified atom stereocenters. The zero-order valence-corrected chi connectivity index (χ0v) is 15.8. The molecular weight excluding hydrogens is 376 g/mol. The van der Waals surface area contributed by atoms with Crippen molar-refractivity contribution in [3.63, 3.8) is 0 Å². The molecule has 1 atom stereocenters. The molecule has 0 aliphatic carbocycles. The lowest BCUT2D eigenvalue weighted by Crippen LogP contribution is -2.65. The number of benzene rings is 1. The van der Waals surface area contributed by atoms with E-state index in [4.69, 9.17) is 31.0 Å². The molecule has 1 aromatic rings. The number of nitrogens with one attached hydrogen (secondary N) is 1. The van der Waals surface area contributed by atoms with Gasteiger partial charge in [-0.25, -0.2) is 0 Å². The van der Waals surface area contributed by atoms with Gasteiger partial charge in [-0.3, -0.25) is 9.59 Å². The number of aromatic hydroxyl groups is 1. The number of hydrogen-bond acceptors (Lipinski definition) is 4. The average Bonchev–Trinajstić information content (AvgIpc) is 2.56. The second-order valence-electron chi connectivity index (χ2n) is 6.66. The molecule has 0 bridgehead atoms. The van der Waals surface area contributed by atoms with Gasteiger partial charge in [0.25, 0.3) is 0 Å². The minimum absolute atomic E-state index is 0.0274. The fourth-order valence-corrected chi connectivity index (χ4v) is 3.82. The summed E-state index contributed by atoms with van der Waals surface area (Å²) in [6, 6.07) is 3.12. The fraction of sp³-hybridized carbons (Fsp3) is 0.529. The first-order chi connectivity index (χ1) is 12.4. The maximum absolute atomic E-state index is 12.4. The zero-order chi connectivity index (χ0) is 18.8. The van der Waals surface area contributed by atoms with Gasteiger partial charge >= 0.3 is 0 Å². The van der Waals surface area contributed by atoms with Gasteiger partial charge in [0.05, 0.1) is 30.5 Å². The van der Waals surface area contributed by atoms with Crippen molar-refractivity contribution in [2.24, 2.45) is 0 Å². The van der Waals surface area contributed by atoms with Gasteiger partial charge in [0.1, 0.15) is 12.3 Å². The Morgan fingerprint density at radius 1 is 1.23 bits per heavy atom. The number of rotatable bonds is 6. The lowest BCUT2D eigenvalue weighted by molar-refractivity contribution is -0.153. The van der Waals surface area contributed by atoms with E-state index in [1.807, 2.05) is 0 Å². The maximum atomic E-state index is 12.4. The Hall–Kier alpha value is -1.44. The van der Waals surface area contributed by atoms with Gasteiger partial charge in [-0.1, -0.05) is 29.5 Å². The summed E-state index contributed by atoms with van der Waals surface area (Å²) in [5.41, 5.74) is 0.486. The van der Waals surface area contributed by atoms with Crippen LogP contribution in [0.2, 0.25) is 16.4 Å². The third-order valence-corrected chi connectivity index (χ3v) is 5.87. The van der Waals surface area contributed by atoms with Crippen LogP contribution >= 0.6 is 23.2 Å². The molecule has 0 spiro atoms. The molecule has 2 saturated heterocycles. The Morgan fingerprint density at radius 2 is 1.96 bits per heavy atom. The van der Waals surface area contributed by atoms with Gasteiger partial charge in [0.15, 0.2) is 0 Å². The normalized spacial score (nSPS) is 19.6. The molecule has 3 rings (SSSR count). The number of halogens is 2. The summed E-state index contributed by atoms with van der Waals surface area (Å²) in [6.07, 6.45) is 0.720. The molecule has 2 amide bonds. The van der Waals surface area contributed by atoms with Gasteiger partial charge in [-0.2, -0.15) is 0 Å². The van der Waals surface area contributed by atoms with E-state index in [1.54, 1.807) is 9.80 Å². The highest BCUT2D eigenvalue weighted by atomic mass is 35.5. The molecule has 2 aliphatic rings. The summed E-state index contributed by atoms with van der Waals surface area (Å²) in [6.45, 7) is 2.02. The number of hydrogen-bond donors (Lipinski definition) is 2. The predicted molar refractivity (Wildman–Crippen MR) is 101 cm³/mol. The van der Waals surface area contributed by atoms with Crippen molar-refractivity contribution in [1.82, 2.24) is 15.1 Å². The van der Waals surface area contributed by atoms with Crippen LogP contribution in [0.3, 0.4) is 0 Å². The topological polar surface area (TPSA) is 72.9 Å². The first-order valence-electron chi connectivity index (χ1n) is 8.57. The SMILES string of the molecule is [B]CC(CCN1CC(=O)N(C2CNC2)CC1=O)c1c(O)ccc(Cl)c1Cl. The predicted octanol–water partition coefficient (Wildman–Crippen LogP) is 1.40. The second-order valence-corrected chi connectivity index (χ2v) is 7.45. The summed E-state index contributed by atoms with van der Waals surface area (Å²) >= 11 is 12.3. The molecule has 2 radical (unpaired) electrons. The number of carbonyl (C=O) groups is 2. The van der Waals surface area contributed by atoms with Crippen molar-refractivity contribution in [3.8, 4) is 5.75 Å². The summed E-state index contributed by atoms with van der Waals surface area (Å²) in [5.74, 6) is -0.352. The van der Waals surface area contributed by atoms with E-state index in [0.717, 1.165) is 13.1 Å². The molecule has 1 aromatic carbocycles. The zero-order valence-electron chi connectivity index (χ0n) is 14.3. The van der Waals surface area contributed by atoms with E-state index in [0.29, 0.717) is 23.6 Å². The highest BCUT2D eigenvalue weighted by Gasteiger charge is 2.36. The molecule has 26 heavy (non-hydrogen) atoms. The highest BCUT2D eigenvalue weighted by Crippen LogP contribution is 2.40. The molecular formula is C17H20BCl2N3O3. The van der Waals surface area contributed by atoms with Crippen LogP contribution in [0.4, 0.5) is 0 Å². The van der Waals surface area contributed by atoms with Gasteiger partial charge < -0.3 is 20.2 Å². The van der Waals surface area contributed by atoms with Gasteiger partial charge in [-0.15, -0.1) is 0 Å². The third kappa shape index (κ3) is 3.80. The van der Waals surface area contributed by atoms with E-state index >= 15 is 0 Å². The van der Waals surface area contributed by atoms with E-state index in [-0.39, 0.29) is 54.0 Å². The number of phenolic OH excluding ortho intramolecular Hbond substituents is 1. The lowest BCUT2D eigenvalue weighted by Gasteiger charge is -2.42. The minimum Gasteiger partial charge on any atom is -0.508 e. The minimum atomic E-state index is -0.266. The number of phenols is 1. The van der Waals surface area contributed by atoms with Gasteiger partial charge in [-0.05, 0) is 24.5 Å². The standard InChI is InChI=1S/C17H20BCl2N3O3/c18-5-10(16-13(24)2-1-12(19)17(16)20)3-4-22-8-15(26)23(9-14(22)25)11-6-21-7-11/h1-2,10-11,21,24H,3-9H2. The fourth-order valence-electron chi connectivity index (χ4n) is 3.34. The van der Waals surface area contributed by atoms with Crippen molar-refractivity contribution in [3.05, 3.63) is 27.7 Å². The van der Waals surface area contributed by atoms with Crippen LogP contribution in [0.15, 0.2) is 12.1 Å². The Kier molecular flexibility index (Phi) is 6.00. The van der Waals surface area contributed by atoms with Crippen molar-refractivity contribution in [2.45, 2.75) is 24.7 Å². The molecule has 0 saturated carbocycles. The first kappa shape index (κ1) is 19.3. The number of nitrogens with zero attached hydrogens (tertiary/aromatic N) is 2. The molecule has 2 fully saturated rings. The summed E-state index contributed by atoms with van der Waals surface area (Å²) in [4.78, 5) is 27.9. The van der Waals surface area contributed by atoms with Crippen molar-refractivity contribution in [2.75, 3.05) is 32.7 Å². The van der Waals surface area contributed by atoms with E-state index in [2.05, 4.69) is 5.32 Å². The first-order valence-corrected chi connectivity index (χ1v) is 9.32. The van der Waals surface area contributed by atoms with Crippen LogP contribution in [0.25, 0.3) is 0 Å². The highest BCUT2D eigenvalue weighted by molar-refractivity contribution is 6.42. The molecule has 6 nitrogen and oxygen atoms in total. The number of amides is 2. The summed E-state index contributed by atoms with van der Waals surface area (Å²) in [7, 11) is 5.86. The Balaban J connectivity index is 1.65. The maximum Gasteiger partial charge on any atom is 0.243 e. The molecule has 138 valence electrons. The van der Waals surface area contributed by atoms with Crippen molar-refractivity contribution in [1.29, 1.82) is 0 Å². The van der Waals surface area contributed by atoms with Gasteiger partial charge in [0.2, 0.25) is 11.8 Å². The van der Waals surface area contributed by atoms with E-state index in [9.17, 15) is 14.7 Å². The van der Waals surface area contributed by atoms with Crippen LogP contribution in [0.1, 0.15) is 17.9 Å². The van der Waals surface area contributed by atoms with Crippen LogP contribution in [0.5, 0.6) is 5.75 Å². The van der Waals surface area contributed by atoms with E-state index in [1.165, 1.54) is 12.1 Å². The Labute approximate surface area is 163 Å². The average molecular weight is 396 g/mol. The van der Waals surface area contributed by atoms with Crippen LogP contribution in [-0.4, -0.2) is 73.3 Å². The molecule has 9 heteroatoms. The van der Waals surface area contributed by atoms with E-state index < -0.39 is 0 Å². The largest absolute Gasteiger partial charge is 0.508 e. The summed E-state index contributed by atoms with van der Waals surface area (Å²) in [5, 5.41) is 13.8.